The summed E-state index contributed by atoms with van der Waals surface area (Å²) in [6.07, 6.45) is 8.82. The summed E-state index contributed by atoms with van der Waals surface area (Å²) >= 11 is -2.22. The summed E-state index contributed by atoms with van der Waals surface area (Å²) in [5.74, 6) is 1.48. The molecular formula is C24H35IO2S2. The van der Waals surface area contributed by atoms with Crippen molar-refractivity contribution in [1.29, 1.82) is 0 Å². The van der Waals surface area contributed by atoms with Gasteiger partial charge in [0.1, 0.15) is 0 Å². The molecule has 5 heteroatoms. The van der Waals surface area contributed by atoms with Gasteiger partial charge in [-0.2, -0.15) is 0 Å². The van der Waals surface area contributed by atoms with Crippen LogP contribution < -0.4 is 4.74 Å². The summed E-state index contributed by atoms with van der Waals surface area (Å²) in [6, 6.07) is 17.6. The summed E-state index contributed by atoms with van der Waals surface area (Å²) in [4.78, 5) is 0. The summed E-state index contributed by atoms with van der Waals surface area (Å²) in [5.41, 5.74) is 1.68. The Hall–Kier alpha value is -0.370. The van der Waals surface area contributed by atoms with E-state index in [0.29, 0.717) is 5.92 Å². The molecule has 2 unspecified atom stereocenters. The van der Waals surface area contributed by atoms with Crippen LogP contribution in [0.1, 0.15) is 69.9 Å². The molecule has 0 saturated heterocycles. The van der Waals surface area contributed by atoms with Gasteiger partial charge in [0, 0.05) is 0 Å². The first-order valence-electron chi connectivity index (χ1n) is 10.6. The summed E-state index contributed by atoms with van der Waals surface area (Å²) in [6.45, 7) is 5.26. The van der Waals surface area contributed by atoms with Crippen LogP contribution in [0.4, 0.5) is 0 Å². The topological polar surface area (TPSA) is 29.5 Å². The summed E-state index contributed by atoms with van der Waals surface area (Å²) in [7, 11) is 9.22. The van der Waals surface area contributed by atoms with E-state index >= 15 is 0 Å². The van der Waals surface area contributed by atoms with Crippen LogP contribution in [0.2, 0.25) is 0 Å². The number of thiol groups is 2. The van der Waals surface area contributed by atoms with Crippen LogP contribution in [0.5, 0.6) is 5.75 Å². The number of alkyl halides is 1. The molecule has 0 aliphatic carbocycles. The molecule has 0 aliphatic rings. The number of halogens is 1. The molecule has 0 spiro atoms. The normalized spacial score (nSPS) is 14.9. The number of benzene rings is 2. The first kappa shape index (κ1) is 24.9. The van der Waals surface area contributed by atoms with Crippen LogP contribution in [0.25, 0.3) is 0 Å². The van der Waals surface area contributed by atoms with Gasteiger partial charge in [0.15, 0.2) is 0 Å². The van der Waals surface area contributed by atoms with E-state index < -0.39 is 20.7 Å². The van der Waals surface area contributed by atoms with Gasteiger partial charge in [-0.1, -0.05) is 6.92 Å². The Bertz CT molecular complexity index is 694. The van der Waals surface area contributed by atoms with Crippen LogP contribution >= 0.6 is 36.6 Å². The molecule has 0 aromatic heterocycles. The van der Waals surface area contributed by atoms with Crippen LogP contribution in [0.15, 0.2) is 54.6 Å². The van der Waals surface area contributed by atoms with E-state index in [2.05, 4.69) is 33.4 Å². The number of hydrogen-bond donors (Lipinski definition) is 3. The van der Waals surface area contributed by atoms with Gasteiger partial charge in [0.2, 0.25) is 0 Å². The second kappa shape index (κ2) is 13.1. The monoisotopic (exact) mass is 546 g/mol. The van der Waals surface area contributed by atoms with Crippen molar-refractivity contribution in [2.45, 2.75) is 62.4 Å². The number of ether oxygens (including phenoxy) is 1. The van der Waals surface area contributed by atoms with Crippen molar-refractivity contribution in [1.82, 2.24) is 0 Å². The molecule has 2 rings (SSSR count). The quantitative estimate of drug-likeness (QED) is 0.103. The zero-order chi connectivity index (χ0) is 21.1. The standard InChI is InChI=1S/C24H35IO2S2/c1-3-5-8-12-20(11-6-4-2)19-27-23-17-15-22(16-18-23)24(26,25(28)29)21-13-9-7-10-14-21/h7,9-10,13-18,20,26,28-29H,3-6,8,11-12,19H2,1-2H3. The van der Waals surface area contributed by atoms with Gasteiger partial charge in [-0.15, -0.1) is 0 Å². The first-order chi connectivity index (χ1) is 14.0. The molecule has 2 aromatic carbocycles. The second-order valence-electron chi connectivity index (χ2n) is 7.57. The molecule has 2 atom stereocenters. The SMILES string of the molecule is CCCCCC(CCCC)COc1ccc(C(O)(c2ccccc2)I(S)S)cc1. The van der Waals surface area contributed by atoms with Crippen molar-refractivity contribution >= 4 is 36.6 Å². The summed E-state index contributed by atoms with van der Waals surface area (Å²) in [5, 5.41) is 11.4. The Morgan fingerprint density at radius 2 is 1.45 bits per heavy atom. The van der Waals surface area contributed by atoms with Gasteiger partial charge < -0.3 is 0 Å². The van der Waals surface area contributed by atoms with E-state index in [9.17, 15) is 5.11 Å². The van der Waals surface area contributed by atoms with Crippen molar-refractivity contribution in [3.63, 3.8) is 0 Å². The Morgan fingerprint density at radius 1 is 0.862 bits per heavy atom. The van der Waals surface area contributed by atoms with Crippen molar-refractivity contribution in [2.24, 2.45) is 5.92 Å². The summed E-state index contributed by atoms with van der Waals surface area (Å²) < 4.78 is 5.01. The predicted molar refractivity (Wildman–Crippen MR) is 141 cm³/mol. The molecule has 0 saturated carbocycles. The van der Waals surface area contributed by atoms with E-state index in [1.807, 2.05) is 54.6 Å². The zero-order valence-electron chi connectivity index (χ0n) is 17.6. The van der Waals surface area contributed by atoms with Crippen LogP contribution in [-0.4, -0.2) is 11.7 Å². The van der Waals surface area contributed by atoms with Crippen molar-refractivity contribution in [3.8, 4) is 5.75 Å². The van der Waals surface area contributed by atoms with E-state index in [0.717, 1.165) is 23.5 Å². The Balaban J connectivity index is 2.06. The minimum absolute atomic E-state index is 0.620. The molecular weight excluding hydrogens is 511 g/mol. The van der Waals surface area contributed by atoms with Gasteiger partial charge >= 0.3 is 186 Å². The van der Waals surface area contributed by atoms with Gasteiger partial charge in [-0.3, -0.25) is 0 Å². The maximum absolute atomic E-state index is 11.4. The molecule has 0 amide bonds. The van der Waals surface area contributed by atoms with E-state index in [1.165, 1.54) is 44.9 Å². The third-order valence-corrected chi connectivity index (χ3v) is 11.2. The molecule has 1 N–H and O–H groups in total. The Labute approximate surface area is 191 Å². The van der Waals surface area contributed by atoms with Crippen LogP contribution in [-0.2, 0) is 3.61 Å². The third kappa shape index (κ3) is 7.37. The number of rotatable bonds is 13. The Kier molecular flexibility index (Phi) is 11.3. The fourth-order valence-corrected chi connectivity index (χ4v) is 7.95. The van der Waals surface area contributed by atoms with Gasteiger partial charge in [0.25, 0.3) is 0 Å². The average molecular weight is 547 g/mol. The molecule has 0 radical (unpaired) electrons. The molecule has 2 aromatic rings. The molecule has 0 heterocycles. The molecule has 0 bridgehead atoms. The maximum atomic E-state index is 11.4. The first-order valence-corrected chi connectivity index (χ1v) is 18.2. The average Bonchev–Trinajstić information content (AvgIpc) is 2.75. The number of unbranched alkanes of at least 4 members (excludes halogenated alkanes) is 3. The van der Waals surface area contributed by atoms with Gasteiger partial charge in [-0.25, -0.2) is 0 Å². The zero-order valence-corrected chi connectivity index (χ0v) is 21.5. The second-order valence-corrected chi connectivity index (χ2v) is 16.9. The minimum atomic E-state index is -2.22. The van der Waals surface area contributed by atoms with Crippen LogP contribution in [0.3, 0.4) is 0 Å². The number of hydrogen-bond acceptors (Lipinski definition) is 4. The van der Waals surface area contributed by atoms with E-state index in [-0.39, 0.29) is 0 Å². The van der Waals surface area contributed by atoms with Crippen molar-refractivity contribution < 1.29 is 9.84 Å². The van der Waals surface area contributed by atoms with E-state index in [1.54, 1.807) is 0 Å². The number of aliphatic hydroxyl groups is 1. The van der Waals surface area contributed by atoms with E-state index in [4.69, 9.17) is 4.74 Å². The Morgan fingerprint density at radius 3 is 2.03 bits per heavy atom. The molecule has 2 nitrogen and oxygen atoms in total. The van der Waals surface area contributed by atoms with Crippen molar-refractivity contribution in [3.05, 3.63) is 65.7 Å². The predicted octanol–water partition coefficient (Wildman–Crippen LogP) is 7.84. The van der Waals surface area contributed by atoms with Crippen LogP contribution in [0, 0.1) is 5.92 Å². The fraction of sp³-hybridized carbons (Fsp3) is 0.500. The van der Waals surface area contributed by atoms with Crippen molar-refractivity contribution in [2.75, 3.05) is 6.61 Å². The third-order valence-electron chi connectivity index (χ3n) is 5.31. The molecule has 162 valence electrons. The fourth-order valence-electron chi connectivity index (χ4n) is 3.49. The molecule has 29 heavy (non-hydrogen) atoms. The molecule has 0 aliphatic heterocycles. The van der Waals surface area contributed by atoms with Gasteiger partial charge in [0.05, 0.1) is 0 Å². The molecule has 0 fully saturated rings. The van der Waals surface area contributed by atoms with Gasteiger partial charge in [-0.05, 0) is 0 Å².